The molecule has 0 atom stereocenters. The molecule has 2 aromatic rings. The number of allylic oxidation sites excluding steroid dienone is 1. The maximum Gasteiger partial charge on any atom is 0.120 e. The minimum Gasteiger partial charge on any atom is -0.489 e. The zero-order chi connectivity index (χ0) is 19.1. The van der Waals surface area contributed by atoms with Crippen LogP contribution in [0.3, 0.4) is 0 Å². The Bertz CT molecular complexity index is 797. The van der Waals surface area contributed by atoms with Gasteiger partial charge < -0.3 is 20.8 Å². The molecule has 1 fully saturated rings. The first-order valence-corrected chi connectivity index (χ1v) is 9.76. The molecule has 3 N–H and O–H groups in total. The number of benzene rings is 2. The van der Waals surface area contributed by atoms with E-state index in [1.807, 2.05) is 36.5 Å². The van der Waals surface area contributed by atoms with Crippen LogP contribution in [0.5, 0.6) is 5.75 Å². The maximum atomic E-state index is 7.76. The van der Waals surface area contributed by atoms with Crippen molar-refractivity contribution in [3.63, 3.8) is 0 Å². The minimum atomic E-state index is 0.291. The van der Waals surface area contributed by atoms with Crippen molar-refractivity contribution >= 4 is 35.0 Å². The van der Waals surface area contributed by atoms with Gasteiger partial charge in [0.1, 0.15) is 12.4 Å². The van der Waals surface area contributed by atoms with Gasteiger partial charge in [-0.15, -0.1) is 0 Å². The van der Waals surface area contributed by atoms with E-state index in [0.29, 0.717) is 28.4 Å². The van der Waals surface area contributed by atoms with Gasteiger partial charge in [0, 0.05) is 39.6 Å². The zero-order valence-electron chi connectivity index (χ0n) is 15.0. The number of nitrogens with one attached hydrogen (secondary N) is 3. The van der Waals surface area contributed by atoms with Crippen molar-refractivity contribution < 1.29 is 4.74 Å². The van der Waals surface area contributed by atoms with Crippen LogP contribution in [0.2, 0.25) is 10.0 Å². The predicted molar refractivity (Wildman–Crippen MR) is 113 cm³/mol. The van der Waals surface area contributed by atoms with Gasteiger partial charge in [0.2, 0.25) is 0 Å². The Labute approximate surface area is 170 Å². The fraction of sp³-hybridized carbons (Fsp3) is 0.286. The summed E-state index contributed by atoms with van der Waals surface area (Å²) in [6, 6.07) is 13.5. The molecule has 0 spiro atoms. The highest BCUT2D eigenvalue weighted by Crippen LogP contribution is 2.26. The highest BCUT2D eigenvalue weighted by molar-refractivity contribution is 6.35. The lowest BCUT2D eigenvalue weighted by Crippen LogP contribution is -2.37. The molecule has 4 nitrogen and oxygen atoms in total. The molecule has 0 amide bonds. The zero-order valence-corrected chi connectivity index (χ0v) is 16.5. The summed E-state index contributed by atoms with van der Waals surface area (Å²) < 4.78 is 5.88. The van der Waals surface area contributed by atoms with Crippen LogP contribution in [0.4, 0.5) is 0 Å². The molecular formula is C21H23Cl2N3O. The lowest BCUT2D eigenvalue weighted by Gasteiger charge is -2.23. The Morgan fingerprint density at radius 3 is 2.56 bits per heavy atom. The second kappa shape index (κ2) is 9.79. The van der Waals surface area contributed by atoms with Crippen LogP contribution in [0.15, 0.2) is 48.7 Å². The van der Waals surface area contributed by atoms with E-state index in [4.69, 9.17) is 33.3 Å². The number of hydrogen-bond acceptors (Lipinski definition) is 4. The third kappa shape index (κ3) is 5.48. The average molecular weight is 404 g/mol. The summed E-state index contributed by atoms with van der Waals surface area (Å²) >= 11 is 12.4. The highest BCUT2D eigenvalue weighted by atomic mass is 35.5. The number of rotatable bonds is 7. The van der Waals surface area contributed by atoms with Crippen molar-refractivity contribution in [2.45, 2.75) is 25.5 Å². The Kier molecular flexibility index (Phi) is 7.16. The highest BCUT2D eigenvalue weighted by Gasteiger charge is 2.11. The van der Waals surface area contributed by atoms with E-state index < -0.39 is 0 Å². The van der Waals surface area contributed by atoms with Crippen LogP contribution in [0.25, 0.3) is 5.57 Å². The molecule has 3 rings (SSSR count). The first-order chi connectivity index (χ1) is 13.2. The van der Waals surface area contributed by atoms with E-state index in [2.05, 4.69) is 10.6 Å². The van der Waals surface area contributed by atoms with E-state index >= 15 is 0 Å². The SMILES string of the molecule is N=C/C(=C\NC1CCNCC1)c1cccc(OCc2c(Cl)cccc2Cl)c1. The summed E-state index contributed by atoms with van der Waals surface area (Å²) in [5.74, 6) is 0.707. The second-order valence-corrected chi connectivity index (χ2v) is 7.27. The first-order valence-electron chi connectivity index (χ1n) is 9.01. The van der Waals surface area contributed by atoms with Gasteiger partial charge in [-0.25, -0.2) is 0 Å². The van der Waals surface area contributed by atoms with Crippen molar-refractivity contribution in [2.75, 3.05) is 13.1 Å². The molecular weight excluding hydrogens is 381 g/mol. The molecule has 142 valence electrons. The Morgan fingerprint density at radius 2 is 1.85 bits per heavy atom. The van der Waals surface area contributed by atoms with Crippen molar-refractivity contribution in [3.05, 3.63) is 69.8 Å². The smallest absolute Gasteiger partial charge is 0.120 e. The molecule has 0 aromatic heterocycles. The molecule has 0 bridgehead atoms. The molecule has 0 radical (unpaired) electrons. The Morgan fingerprint density at radius 1 is 1.15 bits per heavy atom. The summed E-state index contributed by atoms with van der Waals surface area (Å²) in [5, 5.41) is 15.7. The van der Waals surface area contributed by atoms with Gasteiger partial charge in [-0.2, -0.15) is 0 Å². The van der Waals surface area contributed by atoms with Gasteiger partial charge in [-0.1, -0.05) is 41.4 Å². The van der Waals surface area contributed by atoms with Crippen LogP contribution >= 0.6 is 23.2 Å². The van der Waals surface area contributed by atoms with E-state index in [-0.39, 0.29) is 0 Å². The topological polar surface area (TPSA) is 57.1 Å². The summed E-state index contributed by atoms with van der Waals surface area (Å²) in [5.41, 5.74) is 2.51. The molecule has 0 saturated carbocycles. The van der Waals surface area contributed by atoms with Crippen LogP contribution in [-0.2, 0) is 6.61 Å². The first kappa shape index (κ1) is 19.7. The van der Waals surface area contributed by atoms with Gasteiger partial charge in [0.05, 0.1) is 0 Å². The summed E-state index contributed by atoms with van der Waals surface area (Å²) in [4.78, 5) is 0. The van der Waals surface area contributed by atoms with Crippen LogP contribution in [-0.4, -0.2) is 25.3 Å². The molecule has 1 aliphatic heterocycles. The summed E-state index contributed by atoms with van der Waals surface area (Å²) in [7, 11) is 0. The van der Waals surface area contributed by atoms with Crippen molar-refractivity contribution in [1.82, 2.24) is 10.6 Å². The van der Waals surface area contributed by atoms with E-state index in [0.717, 1.165) is 42.6 Å². The molecule has 0 unspecified atom stereocenters. The lowest BCUT2D eigenvalue weighted by atomic mass is 10.1. The van der Waals surface area contributed by atoms with Crippen molar-refractivity contribution in [2.24, 2.45) is 0 Å². The van der Waals surface area contributed by atoms with E-state index in [1.165, 1.54) is 6.21 Å². The number of hydrogen-bond donors (Lipinski definition) is 3. The molecule has 0 aliphatic carbocycles. The molecule has 6 heteroatoms. The number of ether oxygens (including phenoxy) is 1. The van der Waals surface area contributed by atoms with Gasteiger partial charge >= 0.3 is 0 Å². The second-order valence-electron chi connectivity index (χ2n) is 6.45. The molecule has 27 heavy (non-hydrogen) atoms. The fourth-order valence-electron chi connectivity index (χ4n) is 3.00. The molecule has 1 aliphatic rings. The van der Waals surface area contributed by atoms with E-state index in [9.17, 15) is 0 Å². The van der Waals surface area contributed by atoms with Crippen LogP contribution < -0.4 is 15.4 Å². The van der Waals surface area contributed by atoms with Crippen LogP contribution in [0.1, 0.15) is 24.0 Å². The quantitative estimate of drug-likeness (QED) is 0.575. The molecule has 1 saturated heterocycles. The van der Waals surface area contributed by atoms with Crippen LogP contribution in [0, 0.1) is 5.41 Å². The Balaban J connectivity index is 1.68. The average Bonchev–Trinajstić information content (AvgIpc) is 2.69. The van der Waals surface area contributed by atoms with Gasteiger partial charge in [-0.3, -0.25) is 0 Å². The minimum absolute atomic E-state index is 0.291. The third-order valence-electron chi connectivity index (χ3n) is 4.58. The number of halogens is 2. The fourth-order valence-corrected chi connectivity index (χ4v) is 3.50. The van der Waals surface area contributed by atoms with Gasteiger partial charge in [-0.05, 0) is 55.8 Å². The Hall–Kier alpha value is -2.01. The summed E-state index contributed by atoms with van der Waals surface area (Å²) in [6.45, 7) is 2.34. The molecule has 2 aromatic carbocycles. The largest absolute Gasteiger partial charge is 0.489 e. The predicted octanol–water partition coefficient (Wildman–Crippen LogP) is 4.90. The van der Waals surface area contributed by atoms with E-state index in [1.54, 1.807) is 12.1 Å². The van der Waals surface area contributed by atoms with Gasteiger partial charge in [0.15, 0.2) is 0 Å². The maximum absolute atomic E-state index is 7.76. The van der Waals surface area contributed by atoms with Crippen molar-refractivity contribution in [3.8, 4) is 5.75 Å². The standard InChI is InChI=1S/C21H23Cl2N3O/c22-20-5-2-6-21(23)19(20)14-27-18-4-1-3-15(11-18)16(12-24)13-26-17-7-9-25-10-8-17/h1-6,11-13,17,24-26H,7-10,14H2/b16-13+,24-12?. The molecule has 1 heterocycles. The lowest BCUT2D eigenvalue weighted by molar-refractivity contribution is 0.306. The third-order valence-corrected chi connectivity index (χ3v) is 5.29. The summed E-state index contributed by atoms with van der Waals surface area (Å²) in [6.07, 6.45) is 5.46. The number of piperidine rings is 1. The van der Waals surface area contributed by atoms with Gasteiger partial charge in [0.25, 0.3) is 0 Å². The van der Waals surface area contributed by atoms with Crippen molar-refractivity contribution in [1.29, 1.82) is 5.41 Å². The normalized spacial score (nSPS) is 15.4. The monoisotopic (exact) mass is 403 g/mol.